The molecule has 0 aliphatic carbocycles. The Kier molecular flexibility index (Phi) is 7.88. The molecule has 0 fully saturated rings. The number of carbonyl (C=O) groups is 1. The first-order valence-corrected chi connectivity index (χ1v) is 8.07. The summed E-state index contributed by atoms with van der Waals surface area (Å²) >= 11 is 0. The first-order valence-electron chi connectivity index (χ1n) is 8.07. The van der Waals surface area contributed by atoms with Crippen molar-refractivity contribution in [3.63, 3.8) is 0 Å². The molecule has 0 spiro atoms. The molecule has 0 radical (unpaired) electrons. The van der Waals surface area contributed by atoms with Crippen molar-refractivity contribution in [2.24, 2.45) is 0 Å². The normalized spacial score (nSPS) is 12.0. The van der Waals surface area contributed by atoms with Gasteiger partial charge < -0.3 is 9.47 Å². The maximum Gasteiger partial charge on any atom is 0.161 e. The third-order valence-corrected chi connectivity index (χ3v) is 3.70. The standard InChI is InChI=1S/C18H28O3/c1-5-14(9-11-16(19)6-2)15-10-12-17(20-7-3)18(13-15)21-8-4/h10,12-14H,5-9,11H2,1-4H3. The van der Waals surface area contributed by atoms with Crippen molar-refractivity contribution in [1.82, 2.24) is 0 Å². The molecule has 3 nitrogen and oxygen atoms in total. The fourth-order valence-corrected chi connectivity index (χ4v) is 2.44. The van der Waals surface area contributed by atoms with E-state index in [9.17, 15) is 4.79 Å². The molecule has 3 heteroatoms. The second-order valence-corrected chi connectivity index (χ2v) is 5.11. The molecule has 1 atom stereocenters. The molecule has 1 unspecified atom stereocenters. The highest BCUT2D eigenvalue weighted by atomic mass is 16.5. The van der Waals surface area contributed by atoms with Crippen LogP contribution in [0, 0.1) is 0 Å². The highest BCUT2D eigenvalue weighted by Crippen LogP contribution is 2.34. The van der Waals surface area contributed by atoms with Crippen molar-refractivity contribution in [2.45, 2.75) is 59.3 Å². The van der Waals surface area contributed by atoms with E-state index in [0.29, 0.717) is 37.8 Å². The molecule has 1 rings (SSSR count). The average Bonchev–Trinajstić information content (AvgIpc) is 2.50. The number of hydrogen-bond acceptors (Lipinski definition) is 3. The van der Waals surface area contributed by atoms with Gasteiger partial charge in [-0.15, -0.1) is 0 Å². The van der Waals surface area contributed by atoms with Crippen molar-refractivity contribution in [2.75, 3.05) is 13.2 Å². The monoisotopic (exact) mass is 292 g/mol. The Morgan fingerprint density at radius 3 is 2.29 bits per heavy atom. The average molecular weight is 292 g/mol. The second kappa shape index (κ2) is 9.43. The van der Waals surface area contributed by atoms with Gasteiger partial charge >= 0.3 is 0 Å². The summed E-state index contributed by atoms with van der Waals surface area (Å²) in [6, 6.07) is 6.14. The van der Waals surface area contributed by atoms with Crippen LogP contribution in [0.4, 0.5) is 0 Å². The third-order valence-electron chi connectivity index (χ3n) is 3.70. The molecule has 0 saturated carbocycles. The molecule has 0 aromatic heterocycles. The van der Waals surface area contributed by atoms with E-state index in [2.05, 4.69) is 19.1 Å². The number of hydrogen-bond donors (Lipinski definition) is 0. The van der Waals surface area contributed by atoms with Gasteiger partial charge in [-0.3, -0.25) is 4.79 Å². The van der Waals surface area contributed by atoms with E-state index >= 15 is 0 Å². The number of ketones is 1. The lowest BCUT2D eigenvalue weighted by Gasteiger charge is -2.18. The zero-order chi connectivity index (χ0) is 15.7. The van der Waals surface area contributed by atoms with Crippen LogP contribution in [-0.2, 0) is 4.79 Å². The number of ether oxygens (including phenoxy) is 2. The molecular formula is C18H28O3. The van der Waals surface area contributed by atoms with E-state index in [-0.39, 0.29) is 0 Å². The Bertz CT molecular complexity index is 440. The lowest BCUT2D eigenvalue weighted by molar-refractivity contribution is -0.118. The van der Waals surface area contributed by atoms with E-state index in [4.69, 9.17) is 9.47 Å². The van der Waals surface area contributed by atoms with Crippen molar-refractivity contribution in [3.05, 3.63) is 23.8 Å². The minimum absolute atomic E-state index is 0.337. The summed E-state index contributed by atoms with van der Waals surface area (Å²) in [4.78, 5) is 11.5. The quantitative estimate of drug-likeness (QED) is 0.625. The van der Waals surface area contributed by atoms with E-state index in [1.165, 1.54) is 5.56 Å². The number of carbonyl (C=O) groups excluding carboxylic acids is 1. The largest absolute Gasteiger partial charge is 0.490 e. The van der Waals surface area contributed by atoms with Gasteiger partial charge in [0.2, 0.25) is 0 Å². The van der Waals surface area contributed by atoms with Gasteiger partial charge in [-0.25, -0.2) is 0 Å². The van der Waals surface area contributed by atoms with Crippen LogP contribution in [0.15, 0.2) is 18.2 Å². The highest BCUT2D eigenvalue weighted by Gasteiger charge is 2.14. The van der Waals surface area contributed by atoms with Gasteiger partial charge in [-0.1, -0.05) is 19.9 Å². The number of Topliss-reactive ketones (excluding diaryl/α,β-unsaturated/α-hetero) is 1. The zero-order valence-corrected chi connectivity index (χ0v) is 13.8. The topological polar surface area (TPSA) is 35.5 Å². The van der Waals surface area contributed by atoms with Crippen LogP contribution >= 0.6 is 0 Å². The summed E-state index contributed by atoms with van der Waals surface area (Å²) in [5, 5.41) is 0. The second-order valence-electron chi connectivity index (χ2n) is 5.11. The third kappa shape index (κ3) is 5.41. The van der Waals surface area contributed by atoms with Gasteiger partial charge in [-0.05, 0) is 50.3 Å². The SMILES string of the molecule is CCOc1ccc(C(CC)CCC(=O)CC)cc1OCC. The van der Waals surface area contributed by atoms with E-state index in [1.54, 1.807) is 0 Å². The molecule has 21 heavy (non-hydrogen) atoms. The van der Waals surface area contributed by atoms with Gasteiger partial charge in [0.05, 0.1) is 13.2 Å². The maximum absolute atomic E-state index is 11.5. The molecule has 0 N–H and O–H groups in total. The van der Waals surface area contributed by atoms with Gasteiger partial charge in [0.1, 0.15) is 5.78 Å². The summed E-state index contributed by atoms with van der Waals surface area (Å²) < 4.78 is 11.3. The fraction of sp³-hybridized carbons (Fsp3) is 0.611. The molecule has 0 saturated heterocycles. The van der Waals surface area contributed by atoms with E-state index in [0.717, 1.165) is 24.3 Å². The minimum Gasteiger partial charge on any atom is -0.490 e. The van der Waals surface area contributed by atoms with Crippen LogP contribution in [0.2, 0.25) is 0 Å². The summed E-state index contributed by atoms with van der Waals surface area (Å²) in [5.41, 5.74) is 1.23. The van der Waals surface area contributed by atoms with E-state index < -0.39 is 0 Å². The molecule has 1 aromatic rings. The molecule has 0 bridgehead atoms. The lowest BCUT2D eigenvalue weighted by atomic mass is 9.90. The molecule has 0 aliphatic rings. The Hall–Kier alpha value is -1.51. The first kappa shape index (κ1) is 17.5. The first-order chi connectivity index (χ1) is 10.2. The number of benzene rings is 1. The Balaban J connectivity index is 2.88. The van der Waals surface area contributed by atoms with Crippen LogP contribution < -0.4 is 9.47 Å². The van der Waals surface area contributed by atoms with Crippen LogP contribution in [0.25, 0.3) is 0 Å². The Morgan fingerprint density at radius 1 is 1.05 bits per heavy atom. The fourth-order valence-electron chi connectivity index (χ4n) is 2.44. The van der Waals surface area contributed by atoms with E-state index in [1.807, 2.05) is 26.8 Å². The Morgan fingerprint density at radius 2 is 1.71 bits per heavy atom. The van der Waals surface area contributed by atoms with Crippen molar-refractivity contribution >= 4 is 5.78 Å². The van der Waals surface area contributed by atoms with Crippen molar-refractivity contribution in [1.29, 1.82) is 0 Å². The molecule has 118 valence electrons. The summed E-state index contributed by atoms with van der Waals surface area (Å²) in [6.07, 6.45) is 3.22. The molecule has 1 aromatic carbocycles. The zero-order valence-electron chi connectivity index (χ0n) is 13.8. The molecular weight excluding hydrogens is 264 g/mol. The summed E-state index contributed by atoms with van der Waals surface area (Å²) in [6.45, 7) is 9.27. The summed E-state index contributed by atoms with van der Waals surface area (Å²) in [5.74, 6) is 2.33. The predicted molar refractivity (Wildman–Crippen MR) is 86.3 cm³/mol. The predicted octanol–water partition coefficient (Wildman–Crippen LogP) is 4.74. The van der Waals surface area contributed by atoms with Gasteiger partial charge in [-0.2, -0.15) is 0 Å². The van der Waals surface area contributed by atoms with Crippen LogP contribution in [0.3, 0.4) is 0 Å². The molecule has 0 aliphatic heterocycles. The van der Waals surface area contributed by atoms with Gasteiger partial charge in [0.25, 0.3) is 0 Å². The minimum atomic E-state index is 0.337. The number of rotatable bonds is 10. The molecule has 0 amide bonds. The van der Waals surface area contributed by atoms with Crippen LogP contribution in [0.5, 0.6) is 11.5 Å². The van der Waals surface area contributed by atoms with Gasteiger partial charge in [0, 0.05) is 12.8 Å². The van der Waals surface area contributed by atoms with Crippen LogP contribution in [-0.4, -0.2) is 19.0 Å². The van der Waals surface area contributed by atoms with Crippen LogP contribution in [0.1, 0.15) is 64.9 Å². The Labute approximate surface area is 128 Å². The van der Waals surface area contributed by atoms with Crippen molar-refractivity contribution in [3.8, 4) is 11.5 Å². The summed E-state index contributed by atoms with van der Waals surface area (Å²) in [7, 11) is 0. The smallest absolute Gasteiger partial charge is 0.161 e. The maximum atomic E-state index is 11.5. The lowest BCUT2D eigenvalue weighted by Crippen LogP contribution is -2.04. The van der Waals surface area contributed by atoms with Gasteiger partial charge in [0.15, 0.2) is 11.5 Å². The molecule has 0 heterocycles. The van der Waals surface area contributed by atoms with Crippen molar-refractivity contribution < 1.29 is 14.3 Å². The highest BCUT2D eigenvalue weighted by molar-refractivity contribution is 5.78.